The summed E-state index contributed by atoms with van der Waals surface area (Å²) in [4.78, 5) is 13.4. The summed E-state index contributed by atoms with van der Waals surface area (Å²) in [6, 6.07) is 5.20. The van der Waals surface area contributed by atoms with Gasteiger partial charge in [0.2, 0.25) is 0 Å². The number of benzene rings is 1. The third-order valence-corrected chi connectivity index (χ3v) is 4.12. The second-order valence-corrected chi connectivity index (χ2v) is 6.16. The average molecular weight is 372 g/mol. The predicted octanol–water partition coefficient (Wildman–Crippen LogP) is 3.74. The molecule has 0 bridgehead atoms. The van der Waals surface area contributed by atoms with Crippen LogP contribution in [0, 0.1) is 6.92 Å². The monoisotopic (exact) mass is 371 g/mol. The van der Waals surface area contributed by atoms with Gasteiger partial charge in [0.1, 0.15) is 11.6 Å². The molecule has 0 saturated carbocycles. The van der Waals surface area contributed by atoms with E-state index in [1.54, 1.807) is 23.7 Å². The highest BCUT2D eigenvalue weighted by Crippen LogP contribution is 2.38. The molecule has 1 aromatic carbocycles. The lowest BCUT2D eigenvalue weighted by Crippen LogP contribution is -2.25. The Morgan fingerprint density at radius 1 is 1.29 bits per heavy atom. The minimum atomic E-state index is -0.786. The minimum Gasteiger partial charge on any atom is -0.477 e. The minimum absolute atomic E-state index is 0.314. The number of hydrogen-bond donors (Lipinski definition) is 0. The molecule has 0 amide bonds. The molecule has 1 heterocycles. The van der Waals surface area contributed by atoms with E-state index in [1.165, 1.54) is 7.11 Å². The smallest absolute Gasteiger partial charge is 0.346 e. The van der Waals surface area contributed by atoms with E-state index >= 15 is 0 Å². The van der Waals surface area contributed by atoms with Crippen molar-refractivity contribution < 1.29 is 14.3 Å². The van der Waals surface area contributed by atoms with Gasteiger partial charge >= 0.3 is 5.97 Å². The molecular weight excluding hydrogens is 353 g/mol. The summed E-state index contributed by atoms with van der Waals surface area (Å²) in [5.41, 5.74) is 1.57. The summed E-state index contributed by atoms with van der Waals surface area (Å²) in [7, 11) is 5.01. The highest BCUT2D eigenvalue weighted by molar-refractivity contribution is 6.37. The summed E-state index contributed by atoms with van der Waals surface area (Å²) in [6.07, 6.45) is -0.786. The van der Waals surface area contributed by atoms with Gasteiger partial charge in [-0.2, -0.15) is 5.10 Å². The number of nitrogens with zero attached hydrogens (tertiary/aromatic N) is 3. The summed E-state index contributed by atoms with van der Waals surface area (Å²) < 4.78 is 12.0. The predicted molar refractivity (Wildman–Crippen MR) is 94.6 cm³/mol. The maximum absolute atomic E-state index is 11.5. The number of esters is 1. The van der Waals surface area contributed by atoms with Gasteiger partial charge in [0.25, 0.3) is 0 Å². The lowest BCUT2D eigenvalue weighted by Gasteiger charge is -2.22. The Balaban J connectivity index is 2.39. The first-order valence-electron chi connectivity index (χ1n) is 7.22. The Morgan fingerprint density at radius 3 is 2.50 bits per heavy atom. The fourth-order valence-electron chi connectivity index (χ4n) is 2.30. The van der Waals surface area contributed by atoms with Crippen molar-refractivity contribution in [1.82, 2.24) is 9.78 Å². The van der Waals surface area contributed by atoms with Gasteiger partial charge in [0.05, 0.1) is 28.5 Å². The van der Waals surface area contributed by atoms with E-state index in [4.69, 9.17) is 27.9 Å². The Kier molecular flexibility index (Phi) is 5.62. The van der Waals surface area contributed by atoms with Crippen LogP contribution in [0.2, 0.25) is 10.0 Å². The zero-order valence-electron chi connectivity index (χ0n) is 14.1. The van der Waals surface area contributed by atoms with Crippen LogP contribution in [-0.4, -0.2) is 36.0 Å². The Labute approximate surface area is 150 Å². The zero-order valence-corrected chi connectivity index (χ0v) is 15.6. The van der Waals surface area contributed by atoms with Crippen molar-refractivity contribution in [2.75, 3.05) is 19.1 Å². The number of aryl methyl sites for hydroxylation is 2. The van der Waals surface area contributed by atoms with E-state index in [1.807, 2.05) is 32.0 Å². The molecule has 8 heteroatoms. The van der Waals surface area contributed by atoms with Crippen LogP contribution in [0.4, 0.5) is 11.5 Å². The highest BCUT2D eigenvalue weighted by Gasteiger charge is 2.20. The van der Waals surface area contributed by atoms with Crippen LogP contribution in [0.5, 0.6) is 5.75 Å². The van der Waals surface area contributed by atoms with Crippen molar-refractivity contribution in [3.63, 3.8) is 0 Å². The molecule has 0 spiro atoms. The third kappa shape index (κ3) is 3.76. The Hall–Kier alpha value is -1.92. The summed E-state index contributed by atoms with van der Waals surface area (Å²) in [5, 5.41) is 5.10. The largest absolute Gasteiger partial charge is 0.477 e. The molecule has 0 unspecified atom stereocenters. The summed E-state index contributed by atoms with van der Waals surface area (Å²) >= 11 is 12.5. The van der Waals surface area contributed by atoms with E-state index in [2.05, 4.69) is 9.84 Å². The maximum Gasteiger partial charge on any atom is 0.346 e. The van der Waals surface area contributed by atoms with Crippen molar-refractivity contribution in [3.05, 3.63) is 33.9 Å². The van der Waals surface area contributed by atoms with Crippen molar-refractivity contribution in [3.8, 4) is 5.75 Å². The number of hydrogen-bond acceptors (Lipinski definition) is 5. The van der Waals surface area contributed by atoms with Crippen molar-refractivity contribution in [2.24, 2.45) is 7.05 Å². The number of halogens is 2. The quantitative estimate of drug-likeness (QED) is 0.749. The van der Waals surface area contributed by atoms with Gasteiger partial charge in [0.15, 0.2) is 6.10 Å². The van der Waals surface area contributed by atoms with Gasteiger partial charge in [-0.1, -0.05) is 23.2 Å². The standard InChI is InChI=1S/C16H19Cl2N3O3/c1-9-6-15(21(4)19-9)20(3)13-8-14(12(18)7-11(13)17)24-10(2)16(22)23-5/h6-8,10H,1-5H3/t10-/m0/s1. The van der Waals surface area contributed by atoms with Gasteiger partial charge in [0, 0.05) is 26.2 Å². The molecule has 0 aliphatic carbocycles. The number of rotatable bonds is 5. The molecule has 2 rings (SSSR count). The topological polar surface area (TPSA) is 56.6 Å². The second-order valence-electron chi connectivity index (χ2n) is 5.34. The van der Waals surface area contributed by atoms with Crippen LogP contribution in [-0.2, 0) is 16.6 Å². The molecular formula is C16H19Cl2N3O3. The molecule has 6 nitrogen and oxygen atoms in total. The van der Waals surface area contributed by atoms with Crippen LogP contribution in [0.1, 0.15) is 12.6 Å². The zero-order chi connectivity index (χ0) is 18.0. The van der Waals surface area contributed by atoms with Crippen molar-refractivity contribution in [1.29, 1.82) is 0 Å². The molecule has 1 aromatic heterocycles. The van der Waals surface area contributed by atoms with E-state index < -0.39 is 12.1 Å². The third-order valence-electron chi connectivity index (χ3n) is 3.52. The van der Waals surface area contributed by atoms with Gasteiger partial charge in [-0.15, -0.1) is 0 Å². The van der Waals surface area contributed by atoms with E-state index in [0.717, 1.165) is 11.5 Å². The van der Waals surface area contributed by atoms with Gasteiger partial charge in [-0.25, -0.2) is 4.79 Å². The molecule has 130 valence electrons. The molecule has 0 aliphatic heterocycles. The summed E-state index contributed by atoms with van der Waals surface area (Å²) in [5.74, 6) is 0.710. The average Bonchev–Trinajstić information content (AvgIpc) is 2.86. The molecule has 2 aromatic rings. The van der Waals surface area contributed by atoms with Crippen LogP contribution in [0.15, 0.2) is 18.2 Å². The molecule has 24 heavy (non-hydrogen) atoms. The molecule has 0 aliphatic rings. The first-order valence-corrected chi connectivity index (χ1v) is 7.98. The van der Waals surface area contributed by atoms with Crippen molar-refractivity contribution >= 4 is 40.7 Å². The van der Waals surface area contributed by atoms with E-state index in [0.29, 0.717) is 21.5 Å². The first kappa shape index (κ1) is 18.4. The number of aromatic nitrogens is 2. The first-order chi connectivity index (χ1) is 11.2. The number of carbonyl (C=O) groups is 1. The van der Waals surface area contributed by atoms with Crippen LogP contribution >= 0.6 is 23.2 Å². The fraction of sp³-hybridized carbons (Fsp3) is 0.375. The number of carbonyl (C=O) groups excluding carboxylic acids is 1. The Morgan fingerprint density at radius 2 is 1.96 bits per heavy atom. The van der Waals surface area contributed by atoms with Gasteiger partial charge in [-0.05, 0) is 19.9 Å². The number of ether oxygens (including phenoxy) is 2. The van der Waals surface area contributed by atoms with Gasteiger partial charge in [-0.3, -0.25) is 4.68 Å². The van der Waals surface area contributed by atoms with Crippen LogP contribution in [0.3, 0.4) is 0 Å². The molecule has 1 atom stereocenters. The number of anilines is 2. The highest BCUT2D eigenvalue weighted by atomic mass is 35.5. The van der Waals surface area contributed by atoms with Crippen LogP contribution in [0.25, 0.3) is 0 Å². The van der Waals surface area contributed by atoms with Crippen LogP contribution < -0.4 is 9.64 Å². The van der Waals surface area contributed by atoms with E-state index in [-0.39, 0.29) is 0 Å². The number of methoxy groups -OCH3 is 1. The van der Waals surface area contributed by atoms with Gasteiger partial charge < -0.3 is 14.4 Å². The Bertz CT molecular complexity index is 761. The van der Waals surface area contributed by atoms with Crippen molar-refractivity contribution in [2.45, 2.75) is 20.0 Å². The molecule has 0 fully saturated rings. The summed E-state index contributed by atoms with van der Waals surface area (Å²) in [6.45, 7) is 3.50. The fourth-order valence-corrected chi connectivity index (χ4v) is 2.86. The van der Waals surface area contributed by atoms with E-state index in [9.17, 15) is 4.79 Å². The molecule has 0 radical (unpaired) electrons. The lowest BCUT2D eigenvalue weighted by molar-refractivity contribution is -0.147. The molecule has 0 saturated heterocycles. The SMILES string of the molecule is COC(=O)[C@H](C)Oc1cc(N(C)c2cc(C)nn2C)c(Cl)cc1Cl. The normalized spacial score (nSPS) is 12.0. The molecule has 0 N–H and O–H groups in total. The second kappa shape index (κ2) is 7.32. The lowest BCUT2D eigenvalue weighted by atomic mass is 10.2. The maximum atomic E-state index is 11.5.